The summed E-state index contributed by atoms with van der Waals surface area (Å²) in [7, 11) is 1.31. The van der Waals surface area contributed by atoms with Crippen LogP contribution >= 0.6 is 11.8 Å². The van der Waals surface area contributed by atoms with Crippen LogP contribution in [0.25, 0.3) is 11.1 Å². The van der Waals surface area contributed by atoms with E-state index in [1.54, 1.807) is 0 Å². The number of rotatable bonds is 11. The molecule has 1 aliphatic carbocycles. The van der Waals surface area contributed by atoms with Crippen molar-refractivity contribution in [2.24, 2.45) is 5.92 Å². The lowest BCUT2D eigenvalue weighted by atomic mass is 9.97. The third kappa shape index (κ3) is 6.64. The number of Topliss-reactive ketones (excluding diaryl/α,β-unsaturated/α-hetero) is 1. The Labute approximate surface area is 228 Å². The second kappa shape index (κ2) is 12.8. The number of alkyl carbamates (subject to hydrolysis) is 1. The molecule has 1 amide bonds. The van der Waals surface area contributed by atoms with Gasteiger partial charge in [-0.15, -0.1) is 11.8 Å². The van der Waals surface area contributed by atoms with E-state index < -0.39 is 23.4 Å². The van der Waals surface area contributed by atoms with Crippen LogP contribution in [0.2, 0.25) is 0 Å². The SMILES string of the molecule is COC(=O)C(CC(=O)[C@H](CC(C)C)NC(=O)OCC1c2ccccc2-c2ccccc21)Sc1ccccc1. The fourth-order valence-corrected chi connectivity index (χ4v) is 5.90. The van der Waals surface area contributed by atoms with Gasteiger partial charge >= 0.3 is 12.1 Å². The molecule has 3 aromatic rings. The van der Waals surface area contributed by atoms with Crippen LogP contribution in [0.4, 0.5) is 4.79 Å². The predicted molar refractivity (Wildman–Crippen MR) is 149 cm³/mol. The first-order valence-electron chi connectivity index (χ1n) is 12.8. The monoisotopic (exact) mass is 531 g/mol. The number of carbonyl (C=O) groups is 3. The highest BCUT2D eigenvalue weighted by Gasteiger charge is 2.32. The van der Waals surface area contributed by atoms with Crippen molar-refractivity contribution in [3.63, 3.8) is 0 Å². The van der Waals surface area contributed by atoms with E-state index in [2.05, 4.69) is 29.6 Å². The van der Waals surface area contributed by atoms with Gasteiger partial charge in [0.05, 0.1) is 13.2 Å². The van der Waals surface area contributed by atoms with E-state index in [-0.39, 0.29) is 30.6 Å². The molecule has 1 aliphatic rings. The summed E-state index contributed by atoms with van der Waals surface area (Å²) < 4.78 is 10.6. The van der Waals surface area contributed by atoms with E-state index >= 15 is 0 Å². The molecule has 1 N–H and O–H groups in total. The maximum absolute atomic E-state index is 13.3. The van der Waals surface area contributed by atoms with Gasteiger partial charge in [-0.1, -0.05) is 80.6 Å². The number of ether oxygens (including phenoxy) is 2. The summed E-state index contributed by atoms with van der Waals surface area (Å²) in [5.74, 6) is -0.628. The number of esters is 1. The van der Waals surface area contributed by atoms with Gasteiger partial charge in [0.15, 0.2) is 5.78 Å². The molecule has 0 saturated carbocycles. The standard InChI is InChI=1S/C31H33NO5S/c1-20(2)17-27(28(33)18-29(30(34)36-3)38-21-11-5-4-6-12-21)32-31(35)37-19-26-24-15-9-7-13-22(24)23-14-8-10-16-25(23)26/h4-16,20,26-27,29H,17-19H2,1-3H3,(H,32,35)/t27-,29?/m0/s1. The van der Waals surface area contributed by atoms with Crippen molar-refractivity contribution in [1.82, 2.24) is 5.32 Å². The minimum Gasteiger partial charge on any atom is -0.468 e. The van der Waals surface area contributed by atoms with E-state index in [1.165, 1.54) is 18.9 Å². The molecule has 0 saturated heterocycles. The molecule has 0 radical (unpaired) electrons. The lowest BCUT2D eigenvalue weighted by Crippen LogP contribution is -2.43. The van der Waals surface area contributed by atoms with Gasteiger partial charge in [0.25, 0.3) is 0 Å². The summed E-state index contributed by atoms with van der Waals surface area (Å²) in [4.78, 5) is 39.6. The van der Waals surface area contributed by atoms with Crippen LogP contribution in [0.3, 0.4) is 0 Å². The van der Waals surface area contributed by atoms with Crippen molar-refractivity contribution in [2.45, 2.75) is 48.8 Å². The van der Waals surface area contributed by atoms with Crippen LogP contribution in [-0.2, 0) is 19.1 Å². The lowest BCUT2D eigenvalue weighted by molar-refractivity contribution is -0.141. The number of amides is 1. The van der Waals surface area contributed by atoms with E-state index in [9.17, 15) is 14.4 Å². The summed E-state index contributed by atoms with van der Waals surface area (Å²) in [5, 5.41) is 2.06. The number of fused-ring (bicyclic) bond motifs is 3. The lowest BCUT2D eigenvalue weighted by Gasteiger charge is -2.22. The van der Waals surface area contributed by atoms with Crippen molar-refractivity contribution < 1.29 is 23.9 Å². The molecule has 4 rings (SSSR count). The first kappa shape index (κ1) is 27.5. The topological polar surface area (TPSA) is 81.7 Å². The Morgan fingerprint density at radius 2 is 1.45 bits per heavy atom. The zero-order valence-electron chi connectivity index (χ0n) is 21.9. The summed E-state index contributed by atoms with van der Waals surface area (Å²) >= 11 is 1.28. The molecule has 0 bridgehead atoms. The number of nitrogens with one attached hydrogen (secondary N) is 1. The average molecular weight is 532 g/mol. The van der Waals surface area contributed by atoms with Crippen LogP contribution < -0.4 is 5.32 Å². The molecule has 0 fully saturated rings. The van der Waals surface area contributed by atoms with Crippen LogP contribution in [0.15, 0.2) is 83.8 Å². The molecule has 3 aromatic carbocycles. The Morgan fingerprint density at radius 3 is 2.03 bits per heavy atom. The first-order chi connectivity index (χ1) is 18.4. The summed E-state index contributed by atoms with van der Waals surface area (Å²) in [6, 6.07) is 24.9. The highest BCUT2D eigenvalue weighted by Crippen LogP contribution is 2.44. The van der Waals surface area contributed by atoms with E-state index in [4.69, 9.17) is 9.47 Å². The Kier molecular flexibility index (Phi) is 9.24. The second-order valence-electron chi connectivity index (χ2n) is 9.77. The normalized spacial score (nSPS) is 13.8. The van der Waals surface area contributed by atoms with Crippen molar-refractivity contribution >= 4 is 29.6 Å². The van der Waals surface area contributed by atoms with E-state index in [0.717, 1.165) is 27.1 Å². The quantitative estimate of drug-likeness (QED) is 0.233. The van der Waals surface area contributed by atoms with Gasteiger partial charge in [-0.05, 0) is 46.7 Å². The molecule has 198 valence electrons. The molecule has 1 unspecified atom stereocenters. The molecule has 6 nitrogen and oxygen atoms in total. The minimum absolute atomic E-state index is 0.0622. The van der Waals surface area contributed by atoms with Crippen molar-refractivity contribution in [3.05, 3.63) is 90.0 Å². The number of benzene rings is 3. The van der Waals surface area contributed by atoms with Crippen molar-refractivity contribution in [2.75, 3.05) is 13.7 Å². The Balaban J connectivity index is 1.42. The summed E-state index contributed by atoms with van der Waals surface area (Å²) in [6.45, 7) is 4.13. The van der Waals surface area contributed by atoms with E-state index in [0.29, 0.717) is 6.42 Å². The molecule has 0 spiro atoms. The molecule has 0 aromatic heterocycles. The van der Waals surface area contributed by atoms with Crippen LogP contribution in [0.1, 0.15) is 43.7 Å². The van der Waals surface area contributed by atoms with Crippen molar-refractivity contribution in [3.8, 4) is 11.1 Å². The van der Waals surface area contributed by atoms with Gasteiger partial charge in [0.2, 0.25) is 0 Å². The zero-order valence-corrected chi connectivity index (χ0v) is 22.7. The number of ketones is 1. The number of hydrogen-bond acceptors (Lipinski definition) is 6. The number of methoxy groups -OCH3 is 1. The Hall–Kier alpha value is -3.58. The van der Waals surface area contributed by atoms with Gasteiger partial charge in [-0.3, -0.25) is 9.59 Å². The Bertz CT molecular complexity index is 1230. The molecule has 38 heavy (non-hydrogen) atoms. The van der Waals surface area contributed by atoms with Crippen LogP contribution in [0, 0.1) is 5.92 Å². The largest absolute Gasteiger partial charge is 0.468 e. The average Bonchev–Trinajstić information content (AvgIpc) is 3.24. The van der Waals surface area contributed by atoms with Crippen LogP contribution in [-0.4, -0.2) is 42.9 Å². The summed E-state index contributed by atoms with van der Waals surface area (Å²) in [5.41, 5.74) is 4.54. The molecule has 7 heteroatoms. The highest BCUT2D eigenvalue weighted by molar-refractivity contribution is 8.00. The van der Waals surface area contributed by atoms with Gasteiger partial charge < -0.3 is 14.8 Å². The molecule has 0 heterocycles. The fraction of sp³-hybridized carbons (Fsp3) is 0.323. The van der Waals surface area contributed by atoms with Gasteiger partial charge in [0.1, 0.15) is 11.9 Å². The highest BCUT2D eigenvalue weighted by atomic mass is 32.2. The first-order valence-corrected chi connectivity index (χ1v) is 13.7. The van der Waals surface area contributed by atoms with Crippen molar-refractivity contribution in [1.29, 1.82) is 0 Å². The molecular formula is C31H33NO5S. The molecule has 2 atom stereocenters. The third-order valence-electron chi connectivity index (χ3n) is 6.60. The summed E-state index contributed by atoms with van der Waals surface area (Å²) in [6.07, 6.45) is -0.267. The molecular weight excluding hydrogens is 498 g/mol. The van der Waals surface area contributed by atoms with Gasteiger partial charge in [-0.2, -0.15) is 0 Å². The maximum atomic E-state index is 13.3. The minimum atomic E-state index is -0.769. The number of thioether (sulfide) groups is 1. The predicted octanol–water partition coefficient (Wildman–Crippen LogP) is 6.23. The van der Waals surface area contributed by atoms with Gasteiger partial charge in [-0.25, -0.2) is 4.79 Å². The van der Waals surface area contributed by atoms with Gasteiger partial charge in [0, 0.05) is 17.2 Å². The Morgan fingerprint density at radius 1 is 0.868 bits per heavy atom. The molecule has 0 aliphatic heterocycles. The second-order valence-corrected chi connectivity index (χ2v) is 11.0. The maximum Gasteiger partial charge on any atom is 0.407 e. The smallest absolute Gasteiger partial charge is 0.407 e. The third-order valence-corrected chi connectivity index (χ3v) is 7.79. The van der Waals surface area contributed by atoms with E-state index in [1.807, 2.05) is 68.4 Å². The van der Waals surface area contributed by atoms with Crippen LogP contribution in [0.5, 0.6) is 0 Å². The number of carbonyl (C=O) groups excluding carboxylic acids is 3. The zero-order chi connectivity index (χ0) is 27.1. The fourth-order valence-electron chi connectivity index (χ4n) is 4.82. The number of hydrogen-bond donors (Lipinski definition) is 1.